The first-order chi connectivity index (χ1) is 10.8. The van der Waals surface area contributed by atoms with Crippen LogP contribution in [0, 0.1) is 11.8 Å². The van der Waals surface area contributed by atoms with E-state index in [-0.39, 0.29) is 11.8 Å². The molecule has 0 bridgehead atoms. The van der Waals surface area contributed by atoms with Crippen LogP contribution in [0.1, 0.15) is 37.7 Å². The summed E-state index contributed by atoms with van der Waals surface area (Å²) in [7, 11) is 0. The molecule has 22 heavy (non-hydrogen) atoms. The molecule has 120 valence electrons. The molecule has 1 aromatic heterocycles. The maximum atomic E-state index is 12.3. The van der Waals surface area contributed by atoms with Gasteiger partial charge in [-0.05, 0) is 49.8 Å². The van der Waals surface area contributed by atoms with Crippen molar-refractivity contribution in [3.05, 3.63) is 23.9 Å². The fourth-order valence-electron chi connectivity index (χ4n) is 3.64. The monoisotopic (exact) mass is 302 g/mol. The molecule has 1 aliphatic heterocycles. The zero-order valence-corrected chi connectivity index (χ0v) is 13.1. The highest BCUT2D eigenvalue weighted by atomic mass is 16.1. The van der Waals surface area contributed by atoms with Crippen LogP contribution in [0.5, 0.6) is 0 Å². The third-order valence-electron chi connectivity index (χ3n) is 5.00. The van der Waals surface area contributed by atoms with Gasteiger partial charge in [-0.2, -0.15) is 0 Å². The van der Waals surface area contributed by atoms with E-state index in [4.69, 9.17) is 5.73 Å². The van der Waals surface area contributed by atoms with Crippen LogP contribution in [-0.2, 0) is 11.3 Å². The van der Waals surface area contributed by atoms with Gasteiger partial charge in [-0.15, -0.1) is 0 Å². The number of nitrogens with one attached hydrogen (secondary N) is 1. The van der Waals surface area contributed by atoms with Crippen molar-refractivity contribution in [1.29, 1.82) is 0 Å². The van der Waals surface area contributed by atoms with Crippen LogP contribution in [0.15, 0.2) is 18.3 Å². The van der Waals surface area contributed by atoms with Crippen molar-refractivity contribution in [2.24, 2.45) is 17.6 Å². The Kier molecular flexibility index (Phi) is 4.93. The molecule has 2 atom stereocenters. The number of nitrogens with two attached hydrogens (primary N) is 1. The summed E-state index contributed by atoms with van der Waals surface area (Å²) < 4.78 is 0. The van der Waals surface area contributed by atoms with Crippen molar-refractivity contribution >= 4 is 11.7 Å². The van der Waals surface area contributed by atoms with Gasteiger partial charge in [0.1, 0.15) is 5.82 Å². The van der Waals surface area contributed by atoms with Gasteiger partial charge in [0.15, 0.2) is 0 Å². The molecule has 0 spiro atoms. The van der Waals surface area contributed by atoms with Crippen LogP contribution in [0.25, 0.3) is 0 Å². The highest BCUT2D eigenvalue weighted by Crippen LogP contribution is 2.31. The smallest absolute Gasteiger partial charge is 0.223 e. The molecule has 5 heteroatoms. The van der Waals surface area contributed by atoms with Crippen LogP contribution < -0.4 is 16.0 Å². The van der Waals surface area contributed by atoms with E-state index in [9.17, 15) is 4.79 Å². The standard InChI is InChI=1S/C17H26N4O/c18-10-14-4-3-5-15(14)17(22)20-12-13-6-7-16(19-11-13)21-8-1-2-9-21/h6-7,11,14-15H,1-5,8-10,12,18H2,(H,20,22)/t14-,15-/m1/s1. The Morgan fingerprint density at radius 3 is 2.77 bits per heavy atom. The van der Waals surface area contributed by atoms with E-state index >= 15 is 0 Å². The number of carbonyl (C=O) groups is 1. The van der Waals surface area contributed by atoms with Crippen molar-refractivity contribution in [2.45, 2.75) is 38.6 Å². The lowest BCUT2D eigenvalue weighted by Gasteiger charge is -2.18. The van der Waals surface area contributed by atoms with E-state index in [1.54, 1.807) is 0 Å². The van der Waals surface area contributed by atoms with E-state index in [2.05, 4.69) is 27.3 Å². The molecule has 1 amide bonds. The van der Waals surface area contributed by atoms with Crippen molar-refractivity contribution in [3.63, 3.8) is 0 Å². The molecular formula is C17H26N4O. The zero-order chi connectivity index (χ0) is 15.4. The van der Waals surface area contributed by atoms with Gasteiger partial charge in [-0.25, -0.2) is 4.98 Å². The summed E-state index contributed by atoms with van der Waals surface area (Å²) >= 11 is 0. The molecule has 0 unspecified atom stereocenters. The number of anilines is 1. The van der Waals surface area contributed by atoms with E-state index in [0.717, 1.165) is 43.7 Å². The second-order valence-electron chi connectivity index (χ2n) is 6.47. The van der Waals surface area contributed by atoms with Crippen LogP contribution >= 0.6 is 0 Å². The molecule has 0 aromatic carbocycles. The maximum Gasteiger partial charge on any atom is 0.223 e. The van der Waals surface area contributed by atoms with Gasteiger partial charge in [-0.1, -0.05) is 12.5 Å². The van der Waals surface area contributed by atoms with Gasteiger partial charge >= 0.3 is 0 Å². The van der Waals surface area contributed by atoms with Crippen molar-refractivity contribution < 1.29 is 4.79 Å². The topological polar surface area (TPSA) is 71.2 Å². The summed E-state index contributed by atoms with van der Waals surface area (Å²) in [5, 5.41) is 3.05. The van der Waals surface area contributed by atoms with Gasteiger partial charge < -0.3 is 16.0 Å². The Morgan fingerprint density at radius 2 is 2.09 bits per heavy atom. The number of rotatable bonds is 5. The Labute approximate surface area is 132 Å². The lowest BCUT2D eigenvalue weighted by molar-refractivity contribution is -0.126. The lowest BCUT2D eigenvalue weighted by Crippen LogP contribution is -2.34. The molecule has 1 aromatic rings. The Bertz CT molecular complexity index is 496. The molecule has 5 nitrogen and oxygen atoms in total. The van der Waals surface area contributed by atoms with E-state index in [1.807, 2.05) is 6.20 Å². The number of hydrogen-bond acceptors (Lipinski definition) is 4. The quantitative estimate of drug-likeness (QED) is 0.868. The second kappa shape index (κ2) is 7.09. The minimum Gasteiger partial charge on any atom is -0.357 e. The van der Waals surface area contributed by atoms with Crippen molar-refractivity contribution in [1.82, 2.24) is 10.3 Å². The molecule has 3 rings (SSSR count). The summed E-state index contributed by atoms with van der Waals surface area (Å²) in [4.78, 5) is 19.1. The van der Waals surface area contributed by atoms with Gasteiger partial charge in [0, 0.05) is 31.7 Å². The van der Waals surface area contributed by atoms with E-state index in [1.165, 1.54) is 12.8 Å². The summed E-state index contributed by atoms with van der Waals surface area (Å²) in [6, 6.07) is 4.13. The zero-order valence-electron chi connectivity index (χ0n) is 13.1. The highest BCUT2D eigenvalue weighted by Gasteiger charge is 2.31. The molecule has 0 radical (unpaired) electrons. The number of pyridine rings is 1. The fourth-order valence-corrected chi connectivity index (χ4v) is 3.64. The second-order valence-corrected chi connectivity index (χ2v) is 6.47. The van der Waals surface area contributed by atoms with Crippen LogP contribution in [-0.4, -0.2) is 30.5 Å². The summed E-state index contributed by atoms with van der Waals surface area (Å²) in [6.45, 7) is 3.38. The minimum atomic E-state index is 0.0989. The lowest BCUT2D eigenvalue weighted by atomic mass is 9.95. The van der Waals surface area contributed by atoms with E-state index < -0.39 is 0 Å². The van der Waals surface area contributed by atoms with E-state index in [0.29, 0.717) is 19.0 Å². The summed E-state index contributed by atoms with van der Waals surface area (Å²) in [5.74, 6) is 1.65. The third kappa shape index (κ3) is 3.40. The number of hydrogen-bond donors (Lipinski definition) is 2. The molecule has 1 saturated heterocycles. The molecule has 2 fully saturated rings. The third-order valence-corrected chi connectivity index (χ3v) is 5.00. The van der Waals surface area contributed by atoms with Gasteiger partial charge in [0.25, 0.3) is 0 Å². The average Bonchev–Trinajstić information content (AvgIpc) is 3.24. The molecule has 2 heterocycles. The number of amides is 1. The minimum absolute atomic E-state index is 0.0989. The normalized spacial score (nSPS) is 24.7. The molecule has 1 saturated carbocycles. The number of carbonyl (C=O) groups excluding carboxylic acids is 1. The average molecular weight is 302 g/mol. The molecule has 2 aliphatic rings. The van der Waals surface area contributed by atoms with Gasteiger partial charge in [0.05, 0.1) is 0 Å². The van der Waals surface area contributed by atoms with Gasteiger partial charge in [-0.3, -0.25) is 4.79 Å². The molecule has 1 aliphatic carbocycles. The Balaban J connectivity index is 1.51. The Morgan fingerprint density at radius 1 is 1.27 bits per heavy atom. The van der Waals surface area contributed by atoms with Gasteiger partial charge in [0.2, 0.25) is 5.91 Å². The summed E-state index contributed by atoms with van der Waals surface area (Å²) in [5.41, 5.74) is 6.81. The first-order valence-electron chi connectivity index (χ1n) is 8.45. The number of aromatic nitrogens is 1. The van der Waals surface area contributed by atoms with Crippen molar-refractivity contribution in [2.75, 3.05) is 24.5 Å². The molecule has 3 N–H and O–H groups in total. The first kappa shape index (κ1) is 15.3. The Hall–Kier alpha value is -1.62. The highest BCUT2D eigenvalue weighted by molar-refractivity contribution is 5.79. The fraction of sp³-hybridized carbons (Fsp3) is 0.647. The van der Waals surface area contributed by atoms with Crippen LogP contribution in [0.3, 0.4) is 0 Å². The SMILES string of the molecule is NC[C@H]1CCC[C@H]1C(=O)NCc1ccc(N2CCCC2)nc1. The first-order valence-corrected chi connectivity index (χ1v) is 8.45. The molecular weight excluding hydrogens is 276 g/mol. The van der Waals surface area contributed by atoms with Crippen LogP contribution in [0.2, 0.25) is 0 Å². The van der Waals surface area contributed by atoms with Crippen LogP contribution in [0.4, 0.5) is 5.82 Å². The van der Waals surface area contributed by atoms with Crippen molar-refractivity contribution in [3.8, 4) is 0 Å². The largest absolute Gasteiger partial charge is 0.357 e. The summed E-state index contributed by atoms with van der Waals surface area (Å²) in [6.07, 6.45) is 7.56. The predicted octanol–water partition coefficient (Wildman–Crippen LogP) is 1.67. The number of nitrogens with zero attached hydrogens (tertiary/aromatic N) is 2. The maximum absolute atomic E-state index is 12.3. The predicted molar refractivity (Wildman–Crippen MR) is 87.4 cm³/mol.